The normalized spacial score (nSPS) is 15.8. The third-order valence-electron chi connectivity index (χ3n) is 1.88. The zero-order valence-electron chi connectivity index (χ0n) is 11.5. The predicted molar refractivity (Wildman–Crippen MR) is 61.6 cm³/mol. The Bertz CT molecular complexity index is 525. The first-order valence-corrected chi connectivity index (χ1v) is 4.80. The van der Waals surface area contributed by atoms with Crippen LogP contribution in [0.5, 0.6) is 0 Å². The molecule has 0 aliphatic carbocycles. The molecule has 0 saturated carbocycles. The van der Waals surface area contributed by atoms with Crippen LogP contribution in [0, 0.1) is 5.92 Å². The molecule has 0 radical (unpaired) electrons. The standard InChI is InChI=1S/C11H12ClNO3/c1-6(11(15)16)4-10(14)8-3-2-7(12)5-9(8)13/h2-3,5-6H,4,13H2,1H3,(H,15,16)/i3D,4D2. The number of hydrogen-bond donors (Lipinski definition) is 2. The van der Waals surface area contributed by atoms with E-state index in [1.165, 1.54) is 6.07 Å². The molecule has 4 nitrogen and oxygen atoms in total. The number of Topliss-reactive ketones (excluding diaryl/α,β-unsaturated/α-hetero) is 1. The summed E-state index contributed by atoms with van der Waals surface area (Å²) < 4.78 is 22.8. The van der Waals surface area contributed by atoms with E-state index in [1.54, 1.807) is 0 Å². The lowest BCUT2D eigenvalue weighted by molar-refractivity contribution is -0.141. The third kappa shape index (κ3) is 2.97. The van der Waals surface area contributed by atoms with Gasteiger partial charge < -0.3 is 10.8 Å². The minimum Gasteiger partial charge on any atom is -0.481 e. The molecule has 0 heterocycles. The van der Waals surface area contributed by atoms with Crippen LogP contribution in [0.2, 0.25) is 5.02 Å². The molecule has 1 aromatic rings. The lowest BCUT2D eigenvalue weighted by Gasteiger charge is -2.07. The van der Waals surface area contributed by atoms with Gasteiger partial charge in [0.1, 0.15) is 0 Å². The summed E-state index contributed by atoms with van der Waals surface area (Å²) in [5.41, 5.74) is 5.05. The first kappa shape index (κ1) is 8.58. The second-order valence-corrected chi connectivity index (χ2v) is 3.62. The summed E-state index contributed by atoms with van der Waals surface area (Å²) in [6.45, 7) is 1.08. The van der Waals surface area contributed by atoms with Crippen molar-refractivity contribution < 1.29 is 18.8 Å². The van der Waals surface area contributed by atoms with Crippen molar-refractivity contribution in [1.29, 1.82) is 0 Å². The smallest absolute Gasteiger partial charge is 0.306 e. The van der Waals surface area contributed by atoms with Crippen LogP contribution in [0.1, 0.15) is 27.8 Å². The van der Waals surface area contributed by atoms with Crippen LogP contribution in [-0.2, 0) is 4.79 Å². The first-order chi connectivity index (χ1) is 8.59. The number of hydrogen-bond acceptors (Lipinski definition) is 3. The summed E-state index contributed by atoms with van der Waals surface area (Å²) >= 11 is 5.66. The average Bonchev–Trinajstić information content (AvgIpc) is 2.26. The lowest BCUT2D eigenvalue weighted by Crippen LogP contribution is -2.15. The minimum atomic E-state index is -2.66. The van der Waals surface area contributed by atoms with Gasteiger partial charge in [-0.1, -0.05) is 18.5 Å². The maximum atomic E-state index is 12.1. The number of rotatable bonds is 4. The number of nitrogens with two attached hydrogens (primary N) is 1. The zero-order chi connectivity index (χ0) is 15.0. The van der Waals surface area contributed by atoms with Crippen LogP contribution in [0.15, 0.2) is 18.2 Å². The number of carbonyl (C=O) groups is 2. The van der Waals surface area contributed by atoms with Crippen molar-refractivity contribution in [2.75, 3.05) is 5.73 Å². The van der Waals surface area contributed by atoms with Gasteiger partial charge in [0, 0.05) is 25.4 Å². The van der Waals surface area contributed by atoms with Gasteiger partial charge >= 0.3 is 5.97 Å². The Balaban J connectivity index is 3.32. The Morgan fingerprint density at radius 2 is 2.38 bits per heavy atom. The Labute approximate surface area is 102 Å². The third-order valence-corrected chi connectivity index (χ3v) is 2.10. The predicted octanol–water partition coefficient (Wildman–Crippen LogP) is 2.22. The van der Waals surface area contributed by atoms with Crippen LogP contribution in [0.4, 0.5) is 5.69 Å². The SMILES string of the molecule is [2H]c1cc(Cl)cc(N)c1C(=O)C([2H])([2H])C(C)C(=O)O. The monoisotopic (exact) mass is 244 g/mol. The zero-order valence-corrected chi connectivity index (χ0v) is 9.21. The molecule has 1 unspecified atom stereocenters. The summed E-state index contributed by atoms with van der Waals surface area (Å²) in [5, 5.41) is 8.95. The largest absolute Gasteiger partial charge is 0.481 e. The number of halogens is 1. The summed E-state index contributed by atoms with van der Waals surface area (Å²) in [4.78, 5) is 22.9. The van der Waals surface area contributed by atoms with E-state index in [0.29, 0.717) is 0 Å². The van der Waals surface area contributed by atoms with Gasteiger partial charge in [-0.2, -0.15) is 0 Å². The van der Waals surface area contributed by atoms with Crippen LogP contribution in [-0.4, -0.2) is 16.9 Å². The maximum Gasteiger partial charge on any atom is 0.306 e. The fourth-order valence-corrected chi connectivity index (χ4v) is 1.19. The highest BCUT2D eigenvalue weighted by molar-refractivity contribution is 6.31. The van der Waals surface area contributed by atoms with Crippen molar-refractivity contribution >= 4 is 29.0 Å². The van der Waals surface area contributed by atoms with E-state index in [4.69, 9.17) is 26.6 Å². The van der Waals surface area contributed by atoms with Crippen molar-refractivity contribution in [3.63, 3.8) is 0 Å². The van der Waals surface area contributed by atoms with E-state index in [9.17, 15) is 9.59 Å². The van der Waals surface area contributed by atoms with E-state index in [2.05, 4.69) is 0 Å². The molecule has 16 heavy (non-hydrogen) atoms. The molecule has 0 amide bonds. The van der Waals surface area contributed by atoms with E-state index in [-0.39, 0.29) is 22.3 Å². The summed E-state index contributed by atoms with van der Waals surface area (Å²) in [7, 11) is 0. The van der Waals surface area contributed by atoms with Crippen molar-refractivity contribution in [1.82, 2.24) is 0 Å². The quantitative estimate of drug-likeness (QED) is 0.629. The number of carbonyl (C=O) groups excluding carboxylic acids is 1. The van der Waals surface area contributed by atoms with Crippen molar-refractivity contribution in [2.24, 2.45) is 5.92 Å². The van der Waals surface area contributed by atoms with Gasteiger partial charge in [0.05, 0.1) is 7.29 Å². The van der Waals surface area contributed by atoms with Gasteiger partial charge in [0.15, 0.2) is 5.78 Å². The van der Waals surface area contributed by atoms with Crippen LogP contribution < -0.4 is 5.73 Å². The molecule has 3 N–H and O–H groups in total. The van der Waals surface area contributed by atoms with Gasteiger partial charge in [-0.3, -0.25) is 9.59 Å². The molecular formula is C11H12ClNO3. The Hall–Kier alpha value is -1.55. The van der Waals surface area contributed by atoms with Crippen LogP contribution in [0.3, 0.4) is 0 Å². The molecule has 0 spiro atoms. The number of aliphatic carboxylic acids is 1. The summed E-state index contributed by atoms with van der Waals surface area (Å²) in [6.07, 6.45) is -2.66. The number of benzene rings is 1. The highest BCUT2D eigenvalue weighted by Gasteiger charge is 2.18. The average molecular weight is 245 g/mol. The van der Waals surface area contributed by atoms with E-state index in [0.717, 1.165) is 13.0 Å². The fraction of sp³-hybridized carbons (Fsp3) is 0.273. The number of nitrogen functional groups attached to an aromatic ring is 1. The van der Waals surface area contributed by atoms with E-state index in [1.807, 2.05) is 0 Å². The van der Waals surface area contributed by atoms with Gasteiger partial charge in [-0.15, -0.1) is 0 Å². The maximum absolute atomic E-state index is 12.1. The van der Waals surface area contributed by atoms with Crippen molar-refractivity contribution in [3.05, 3.63) is 28.8 Å². The number of ketones is 1. The first-order valence-electron chi connectivity index (χ1n) is 5.92. The number of carboxylic acids is 1. The molecule has 0 fully saturated rings. The number of anilines is 1. The molecule has 1 rings (SSSR count). The number of carboxylic acid groups (broad SMARTS) is 1. The molecule has 0 aliphatic heterocycles. The molecule has 1 atom stereocenters. The van der Waals surface area contributed by atoms with Gasteiger partial charge in [0.2, 0.25) is 0 Å². The van der Waals surface area contributed by atoms with Gasteiger partial charge in [-0.25, -0.2) is 0 Å². The molecule has 1 aromatic carbocycles. The fourth-order valence-electron chi connectivity index (χ4n) is 1.01. The van der Waals surface area contributed by atoms with Crippen molar-refractivity contribution in [2.45, 2.75) is 13.3 Å². The van der Waals surface area contributed by atoms with Crippen LogP contribution >= 0.6 is 11.6 Å². The van der Waals surface area contributed by atoms with E-state index < -0.39 is 24.0 Å². The molecule has 0 bridgehead atoms. The molecule has 86 valence electrons. The Kier molecular flexibility index (Phi) is 2.67. The molecular weight excluding hydrogens is 230 g/mol. The molecule has 0 aliphatic rings. The van der Waals surface area contributed by atoms with E-state index >= 15 is 0 Å². The minimum absolute atomic E-state index is 0.144. The lowest BCUT2D eigenvalue weighted by atomic mass is 9.99. The Morgan fingerprint density at radius 1 is 1.75 bits per heavy atom. The second-order valence-electron chi connectivity index (χ2n) is 3.18. The highest BCUT2D eigenvalue weighted by Crippen LogP contribution is 2.20. The van der Waals surface area contributed by atoms with Gasteiger partial charge in [-0.05, 0) is 18.2 Å². The summed E-state index contributed by atoms with van der Waals surface area (Å²) in [5.74, 6) is -4.14. The Morgan fingerprint density at radius 3 is 2.88 bits per heavy atom. The van der Waals surface area contributed by atoms with Gasteiger partial charge in [0.25, 0.3) is 0 Å². The molecule has 0 aromatic heterocycles. The summed E-state index contributed by atoms with van der Waals surface area (Å²) in [6, 6.07) is 2.03. The highest BCUT2D eigenvalue weighted by atomic mass is 35.5. The molecule has 5 heteroatoms. The van der Waals surface area contributed by atoms with Crippen LogP contribution in [0.25, 0.3) is 0 Å². The molecule has 0 saturated heterocycles. The topological polar surface area (TPSA) is 80.4 Å². The van der Waals surface area contributed by atoms with Crippen molar-refractivity contribution in [3.8, 4) is 0 Å². The second kappa shape index (κ2) is 4.99.